The van der Waals surface area contributed by atoms with Gasteiger partial charge >= 0.3 is 0 Å². The highest BCUT2D eigenvalue weighted by atomic mass is 16.3. The molecule has 5 nitrogen and oxygen atoms in total. The minimum Gasteiger partial charge on any atom is -0.439 e. The van der Waals surface area contributed by atoms with E-state index in [1.165, 1.54) is 12.2 Å². The van der Waals surface area contributed by atoms with Gasteiger partial charge in [-0.2, -0.15) is 0 Å². The maximum atomic E-state index is 5.80. The van der Waals surface area contributed by atoms with Gasteiger partial charge in [0, 0.05) is 31.9 Å². The Morgan fingerprint density at radius 2 is 2.27 bits per heavy atom. The van der Waals surface area contributed by atoms with Crippen molar-refractivity contribution in [1.29, 1.82) is 0 Å². The zero-order valence-corrected chi connectivity index (χ0v) is 12.8. The Morgan fingerprint density at radius 3 is 3.18 bits per heavy atom. The van der Waals surface area contributed by atoms with E-state index >= 15 is 0 Å². The maximum Gasteiger partial charge on any atom is 0.209 e. The van der Waals surface area contributed by atoms with Crippen LogP contribution in [0.5, 0.6) is 0 Å². The van der Waals surface area contributed by atoms with Crippen molar-refractivity contribution in [2.75, 3.05) is 13.6 Å². The van der Waals surface area contributed by atoms with Gasteiger partial charge in [-0.1, -0.05) is 12.1 Å². The summed E-state index contributed by atoms with van der Waals surface area (Å²) in [6, 6.07) is 7.92. The minimum absolute atomic E-state index is 0.663. The number of hydrogen-bond donors (Lipinski definition) is 0. The molecule has 0 saturated carbocycles. The number of benzene rings is 1. The number of aryl methyl sites for hydroxylation is 1. The highest BCUT2D eigenvalue weighted by Crippen LogP contribution is 2.21. The van der Waals surface area contributed by atoms with Crippen LogP contribution in [0.2, 0.25) is 0 Å². The topological polar surface area (TPSA) is 47.1 Å². The van der Waals surface area contributed by atoms with Crippen LogP contribution < -0.4 is 0 Å². The average molecular weight is 296 g/mol. The highest BCUT2D eigenvalue weighted by Gasteiger charge is 2.20. The number of fused-ring (bicyclic) bond motifs is 2. The van der Waals surface area contributed by atoms with Crippen LogP contribution in [0.4, 0.5) is 0 Å². The molecule has 0 radical (unpaired) electrons. The SMILES string of the molecule is CN(Cc1nc2ccccc2o1)CC1CCc2nccn2C1. The molecule has 2 aromatic heterocycles. The molecule has 1 aliphatic rings. The summed E-state index contributed by atoms with van der Waals surface area (Å²) in [6.07, 6.45) is 6.27. The molecule has 1 unspecified atom stereocenters. The quantitative estimate of drug-likeness (QED) is 0.742. The van der Waals surface area contributed by atoms with E-state index < -0.39 is 0 Å². The first-order valence-corrected chi connectivity index (χ1v) is 7.81. The van der Waals surface area contributed by atoms with E-state index in [1.807, 2.05) is 30.5 Å². The number of aromatic nitrogens is 3. The van der Waals surface area contributed by atoms with Crippen molar-refractivity contribution in [2.24, 2.45) is 5.92 Å². The number of rotatable bonds is 4. The lowest BCUT2D eigenvalue weighted by atomic mass is 9.99. The molecule has 0 saturated heterocycles. The summed E-state index contributed by atoms with van der Waals surface area (Å²) in [5, 5.41) is 0. The second-order valence-electron chi connectivity index (χ2n) is 6.17. The van der Waals surface area contributed by atoms with Crippen molar-refractivity contribution in [3.05, 3.63) is 48.4 Å². The molecule has 3 aromatic rings. The number of nitrogens with zero attached hydrogens (tertiary/aromatic N) is 4. The first kappa shape index (κ1) is 13.5. The van der Waals surface area contributed by atoms with Crippen LogP contribution in [0.3, 0.4) is 0 Å². The van der Waals surface area contributed by atoms with Crippen LogP contribution >= 0.6 is 0 Å². The predicted octanol–water partition coefficient (Wildman–Crippen LogP) is 2.72. The standard InChI is InChI=1S/C17H20N4O/c1-20(10-13-6-7-16-18-8-9-21(16)11-13)12-17-19-14-4-2-3-5-15(14)22-17/h2-5,8-9,13H,6-7,10-12H2,1H3. The van der Waals surface area contributed by atoms with Crippen molar-refractivity contribution in [3.63, 3.8) is 0 Å². The zero-order chi connectivity index (χ0) is 14.9. The van der Waals surface area contributed by atoms with Crippen LogP contribution in [0, 0.1) is 5.92 Å². The van der Waals surface area contributed by atoms with Gasteiger partial charge in [0.2, 0.25) is 5.89 Å². The van der Waals surface area contributed by atoms with Gasteiger partial charge in [-0.15, -0.1) is 0 Å². The molecular weight excluding hydrogens is 276 g/mol. The Labute approximate surface area is 129 Å². The Bertz CT molecular complexity index is 743. The van der Waals surface area contributed by atoms with Gasteiger partial charge in [-0.25, -0.2) is 9.97 Å². The Kier molecular flexibility index (Phi) is 3.42. The molecule has 0 spiro atoms. The van der Waals surface area contributed by atoms with Crippen molar-refractivity contribution in [1.82, 2.24) is 19.4 Å². The fourth-order valence-corrected chi connectivity index (χ4v) is 3.31. The van der Waals surface area contributed by atoms with Crippen molar-refractivity contribution < 1.29 is 4.42 Å². The Morgan fingerprint density at radius 1 is 1.36 bits per heavy atom. The van der Waals surface area contributed by atoms with E-state index in [0.29, 0.717) is 5.92 Å². The molecule has 0 amide bonds. The van der Waals surface area contributed by atoms with Crippen molar-refractivity contribution in [2.45, 2.75) is 25.9 Å². The van der Waals surface area contributed by atoms with Crippen LogP contribution in [0.25, 0.3) is 11.1 Å². The third-order valence-electron chi connectivity index (χ3n) is 4.35. The largest absolute Gasteiger partial charge is 0.439 e. The number of oxazole rings is 1. The smallest absolute Gasteiger partial charge is 0.209 e. The summed E-state index contributed by atoms with van der Waals surface area (Å²) in [6.45, 7) is 2.87. The predicted molar refractivity (Wildman–Crippen MR) is 84.4 cm³/mol. The van der Waals surface area contributed by atoms with Gasteiger partial charge < -0.3 is 8.98 Å². The minimum atomic E-state index is 0.663. The number of hydrogen-bond acceptors (Lipinski definition) is 4. The molecule has 0 fully saturated rings. The van der Waals surface area contributed by atoms with Crippen molar-refractivity contribution in [3.8, 4) is 0 Å². The van der Waals surface area contributed by atoms with E-state index in [0.717, 1.165) is 43.0 Å². The van der Waals surface area contributed by atoms with Gasteiger partial charge in [-0.3, -0.25) is 4.90 Å². The van der Waals surface area contributed by atoms with Gasteiger partial charge in [0.1, 0.15) is 11.3 Å². The lowest BCUT2D eigenvalue weighted by Gasteiger charge is -2.27. The molecule has 4 rings (SSSR count). The fraction of sp³-hybridized carbons (Fsp3) is 0.412. The van der Waals surface area contributed by atoms with Crippen LogP contribution in [0.1, 0.15) is 18.1 Å². The summed E-state index contributed by atoms with van der Waals surface area (Å²) in [4.78, 5) is 11.2. The normalized spacial score (nSPS) is 18.0. The average Bonchev–Trinajstić information content (AvgIpc) is 3.11. The van der Waals surface area contributed by atoms with E-state index in [1.54, 1.807) is 0 Å². The molecule has 3 heterocycles. The molecule has 1 atom stereocenters. The molecule has 0 N–H and O–H groups in total. The summed E-state index contributed by atoms with van der Waals surface area (Å²) in [5.41, 5.74) is 1.80. The van der Waals surface area contributed by atoms with Gasteiger partial charge in [0.15, 0.2) is 5.58 Å². The second kappa shape index (κ2) is 5.57. The lowest BCUT2D eigenvalue weighted by Crippen LogP contribution is -2.31. The first-order valence-electron chi connectivity index (χ1n) is 7.81. The summed E-state index contributed by atoms with van der Waals surface area (Å²) in [5.74, 6) is 2.68. The van der Waals surface area contributed by atoms with E-state index in [-0.39, 0.29) is 0 Å². The van der Waals surface area contributed by atoms with Crippen LogP contribution in [-0.2, 0) is 19.5 Å². The van der Waals surface area contributed by atoms with Crippen molar-refractivity contribution >= 4 is 11.1 Å². The van der Waals surface area contributed by atoms with E-state index in [4.69, 9.17) is 4.42 Å². The van der Waals surface area contributed by atoms with E-state index in [2.05, 4.69) is 32.7 Å². The van der Waals surface area contributed by atoms with Gasteiger partial charge in [-0.05, 0) is 31.5 Å². The summed E-state index contributed by atoms with van der Waals surface area (Å²) < 4.78 is 8.08. The Hall–Kier alpha value is -2.14. The molecule has 1 aliphatic heterocycles. The summed E-state index contributed by atoms with van der Waals surface area (Å²) >= 11 is 0. The molecule has 22 heavy (non-hydrogen) atoms. The lowest BCUT2D eigenvalue weighted by molar-refractivity contribution is 0.215. The third-order valence-corrected chi connectivity index (χ3v) is 4.35. The molecule has 1 aromatic carbocycles. The first-order chi connectivity index (χ1) is 10.8. The number of imidazole rings is 1. The maximum absolute atomic E-state index is 5.80. The molecule has 0 aliphatic carbocycles. The third kappa shape index (κ3) is 2.64. The van der Waals surface area contributed by atoms with Gasteiger partial charge in [0.25, 0.3) is 0 Å². The molecule has 0 bridgehead atoms. The summed E-state index contributed by atoms with van der Waals surface area (Å²) in [7, 11) is 2.14. The van der Waals surface area contributed by atoms with Gasteiger partial charge in [0.05, 0.1) is 6.54 Å². The monoisotopic (exact) mass is 296 g/mol. The zero-order valence-electron chi connectivity index (χ0n) is 12.8. The number of para-hydroxylation sites is 2. The molecule has 5 heteroatoms. The van der Waals surface area contributed by atoms with E-state index in [9.17, 15) is 0 Å². The second-order valence-corrected chi connectivity index (χ2v) is 6.17. The Balaban J connectivity index is 1.39. The van der Waals surface area contributed by atoms with Crippen LogP contribution in [-0.4, -0.2) is 33.0 Å². The van der Waals surface area contributed by atoms with Crippen LogP contribution in [0.15, 0.2) is 41.1 Å². The highest BCUT2D eigenvalue weighted by molar-refractivity contribution is 5.72. The fourth-order valence-electron chi connectivity index (χ4n) is 3.31. The molecule has 114 valence electrons. The molecular formula is C17H20N4O.